The first-order valence-corrected chi connectivity index (χ1v) is 7.76. The molecule has 1 aromatic rings. The first-order valence-electron chi connectivity index (χ1n) is 6.88. The van der Waals surface area contributed by atoms with Crippen LogP contribution in [0.25, 0.3) is 0 Å². The lowest BCUT2D eigenvalue weighted by Crippen LogP contribution is -2.28. The van der Waals surface area contributed by atoms with Gasteiger partial charge in [-0.3, -0.25) is 4.79 Å². The summed E-state index contributed by atoms with van der Waals surface area (Å²) < 4.78 is 0. The Hall–Kier alpha value is -1.40. The fourth-order valence-corrected chi connectivity index (χ4v) is 3.52. The number of thiophene rings is 1. The van der Waals surface area contributed by atoms with Gasteiger partial charge < -0.3 is 15.4 Å². The van der Waals surface area contributed by atoms with Gasteiger partial charge in [-0.25, -0.2) is 0 Å². The number of carbonyl (C=O) groups is 1. The van der Waals surface area contributed by atoms with E-state index in [1.165, 1.54) is 11.3 Å². The molecule has 0 spiro atoms. The fourth-order valence-electron chi connectivity index (χ4n) is 2.40. The fraction of sp³-hybridized carbons (Fsp3) is 0.571. The number of oxime groups is 1. The van der Waals surface area contributed by atoms with E-state index in [0.717, 1.165) is 48.2 Å². The van der Waals surface area contributed by atoms with Crippen LogP contribution in [0.3, 0.4) is 0 Å². The molecule has 110 valence electrons. The van der Waals surface area contributed by atoms with E-state index in [9.17, 15) is 4.79 Å². The first-order chi connectivity index (χ1) is 9.63. The molecule has 1 aliphatic carbocycles. The van der Waals surface area contributed by atoms with E-state index in [-0.39, 0.29) is 5.91 Å². The third kappa shape index (κ3) is 3.37. The molecule has 1 amide bonds. The molecule has 0 saturated heterocycles. The predicted molar refractivity (Wildman–Crippen MR) is 81.1 cm³/mol. The summed E-state index contributed by atoms with van der Waals surface area (Å²) in [5, 5.41) is 17.2. The number of nitrogens with one attached hydrogen (secondary N) is 1. The van der Waals surface area contributed by atoms with Crippen molar-refractivity contribution in [2.24, 2.45) is 5.16 Å². The zero-order valence-corrected chi connectivity index (χ0v) is 12.8. The Morgan fingerprint density at radius 3 is 3.00 bits per heavy atom. The molecule has 0 saturated carbocycles. The summed E-state index contributed by atoms with van der Waals surface area (Å²) in [6.45, 7) is 1.64. The summed E-state index contributed by atoms with van der Waals surface area (Å²) in [5.41, 5.74) is 2.50. The van der Waals surface area contributed by atoms with Crippen molar-refractivity contribution in [2.75, 3.05) is 27.2 Å². The SMILES string of the molecule is CN(C)CCCNC(=O)c1csc2c1CCC/C2=N/O. The summed E-state index contributed by atoms with van der Waals surface area (Å²) in [5.74, 6) is -0.0135. The maximum Gasteiger partial charge on any atom is 0.252 e. The van der Waals surface area contributed by atoms with Crippen LogP contribution in [-0.4, -0.2) is 48.9 Å². The van der Waals surface area contributed by atoms with Crippen molar-refractivity contribution in [3.63, 3.8) is 0 Å². The van der Waals surface area contributed by atoms with E-state index in [1.807, 2.05) is 19.5 Å². The third-order valence-electron chi connectivity index (χ3n) is 3.43. The molecule has 0 unspecified atom stereocenters. The smallest absolute Gasteiger partial charge is 0.252 e. The Morgan fingerprint density at radius 1 is 1.50 bits per heavy atom. The molecule has 2 rings (SSSR count). The first kappa shape index (κ1) is 15.0. The second-order valence-corrected chi connectivity index (χ2v) is 6.15. The monoisotopic (exact) mass is 295 g/mol. The summed E-state index contributed by atoms with van der Waals surface area (Å²) >= 11 is 1.50. The average Bonchev–Trinajstić information content (AvgIpc) is 2.87. The van der Waals surface area contributed by atoms with Crippen molar-refractivity contribution in [1.82, 2.24) is 10.2 Å². The van der Waals surface area contributed by atoms with Gasteiger partial charge in [-0.1, -0.05) is 5.16 Å². The van der Waals surface area contributed by atoms with Gasteiger partial charge in [0.05, 0.1) is 16.2 Å². The summed E-state index contributed by atoms with van der Waals surface area (Å²) in [6, 6.07) is 0. The second kappa shape index (κ2) is 6.85. The largest absolute Gasteiger partial charge is 0.411 e. The zero-order chi connectivity index (χ0) is 14.5. The van der Waals surface area contributed by atoms with Crippen LogP contribution >= 0.6 is 11.3 Å². The molecule has 0 fully saturated rings. The highest BCUT2D eigenvalue weighted by Crippen LogP contribution is 2.30. The lowest BCUT2D eigenvalue weighted by Gasteiger charge is -2.14. The number of rotatable bonds is 5. The number of amides is 1. The summed E-state index contributed by atoms with van der Waals surface area (Å²) in [7, 11) is 4.04. The highest BCUT2D eigenvalue weighted by molar-refractivity contribution is 7.12. The molecule has 0 aromatic carbocycles. The lowest BCUT2D eigenvalue weighted by molar-refractivity contribution is 0.0952. The minimum atomic E-state index is -0.0135. The summed E-state index contributed by atoms with van der Waals surface area (Å²) in [4.78, 5) is 15.3. The van der Waals surface area contributed by atoms with E-state index in [4.69, 9.17) is 5.21 Å². The molecule has 1 aliphatic rings. The lowest BCUT2D eigenvalue weighted by atomic mass is 9.94. The van der Waals surface area contributed by atoms with Gasteiger partial charge >= 0.3 is 0 Å². The van der Waals surface area contributed by atoms with Crippen LogP contribution in [0.15, 0.2) is 10.5 Å². The number of nitrogens with zero attached hydrogens (tertiary/aromatic N) is 2. The van der Waals surface area contributed by atoms with Crippen molar-refractivity contribution < 1.29 is 10.0 Å². The van der Waals surface area contributed by atoms with Gasteiger partial charge in [0, 0.05) is 11.9 Å². The van der Waals surface area contributed by atoms with E-state index >= 15 is 0 Å². The van der Waals surface area contributed by atoms with Gasteiger partial charge in [0.1, 0.15) is 0 Å². The number of hydrogen-bond donors (Lipinski definition) is 2. The Balaban J connectivity index is 1.99. The van der Waals surface area contributed by atoms with E-state index in [1.54, 1.807) is 0 Å². The number of hydrogen-bond acceptors (Lipinski definition) is 5. The predicted octanol–water partition coefficient (Wildman–Crippen LogP) is 1.94. The quantitative estimate of drug-likeness (QED) is 0.496. The number of carbonyl (C=O) groups excluding carboxylic acids is 1. The molecule has 5 nitrogen and oxygen atoms in total. The molecular weight excluding hydrogens is 274 g/mol. The molecule has 1 aromatic heterocycles. The van der Waals surface area contributed by atoms with Crippen molar-refractivity contribution in [1.29, 1.82) is 0 Å². The molecule has 0 aliphatic heterocycles. The average molecular weight is 295 g/mol. The normalized spacial score (nSPS) is 16.4. The Morgan fingerprint density at radius 2 is 2.30 bits per heavy atom. The van der Waals surface area contributed by atoms with Crippen LogP contribution in [0.4, 0.5) is 0 Å². The van der Waals surface area contributed by atoms with Crippen molar-refractivity contribution in [2.45, 2.75) is 25.7 Å². The highest BCUT2D eigenvalue weighted by Gasteiger charge is 2.24. The van der Waals surface area contributed by atoms with E-state index in [2.05, 4.69) is 15.4 Å². The van der Waals surface area contributed by atoms with Crippen molar-refractivity contribution >= 4 is 23.0 Å². The van der Waals surface area contributed by atoms with Crippen LogP contribution in [0.1, 0.15) is 40.1 Å². The second-order valence-electron chi connectivity index (χ2n) is 5.27. The molecule has 0 bridgehead atoms. The maximum absolute atomic E-state index is 12.2. The molecule has 0 radical (unpaired) electrons. The van der Waals surface area contributed by atoms with Crippen LogP contribution in [-0.2, 0) is 6.42 Å². The molecule has 0 atom stereocenters. The van der Waals surface area contributed by atoms with Crippen LogP contribution in [0.2, 0.25) is 0 Å². The minimum Gasteiger partial charge on any atom is -0.411 e. The van der Waals surface area contributed by atoms with Crippen LogP contribution < -0.4 is 5.32 Å². The molecule has 2 N–H and O–H groups in total. The zero-order valence-electron chi connectivity index (χ0n) is 12.0. The van der Waals surface area contributed by atoms with Gasteiger partial charge in [0.25, 0.3) is 5.91 Å². The van der Waals surface area contributed by atoms with Gasteiger partial charge in [0.2, 0.25) is 0 Å². The molecule has 20 heavy (non-hydrogen) atoms. The topological polar surface area (TPSA) is 64.9 Å². The summed E-state index contributed by atoms with van der Waals surface area (Å²) in [6.07, 6.45) is 3.55. The Kier molecular flexibility index (Phi) is 5.14. The van der Waals surface area contributed by atoms with Gasteiger partial charge in [0.15, 0.2) is 0 Å². The van der Waals surface area contributed by atoms with Crippen LogP contribution in [0, 0.1) is 0 Å². The van der Waals surface area contributed by atoms with Crippen molar-refractivity contribution in [3.8, 4) is 0 Å². The molecule has 1 heterocycles. The highest BCUT2D eigenvalue weighted by atomic mass is 32.1. The van der Waals surface area contributed by atoms with Gasteiger partial charge in [-0.05, 0) is 51.9 Å². The number of fused-ring (bicyclic) bond motifs is 1. The van der Waals surface area contributed by atoms with E-state index in [0.29, 0.717) is 12.3 Å². The van der Waals surface area contributed by atoms with Gasteiger partial charge in [-0.2, -0.15) is 0 Å². The van der Waals surface area contributed by atoms with Crippen molar-refractivity contribution in [3.05, 3.63) is 21.4 Å². The third-order valence-corrected chi connectivity index (χ3v) is 4.50. The Labute approximate surface area is 123 Å². The molecular formula is C14H21N3O2S. The van der Waals surface area contributed by atoms with Crippen LogP contribution in [0.5, 0.6) is 0 Å². The standard InChI is InChI=1S/C14H21N3O2S/c1-17(2)8-4-7-15-14(18)11-9-20-13-10(11)5-3-6-12(13)16-19/h9,19H,3-8H2,1-2H3,(H,15,18)/b16-12-. The maximum atomic E-state index is 12.2. The van der Waals surface area contributed by atoms with Gasteiger partial charge in [-0.15, -0.1) is 11.3 Å². The van der Waals surface area contributed by atoms with E-state index < -0.39 is 0 Å². The molecule has 6 heteroatoms. The minimum absolute atomic E-state index is 0.0135. The Bertz CT molecular complexity index is 509.